The van der Waals surface area contributed by atoms with Crippen LogP contribution in [-0.4, -0.2) is 42.2 Å². The zero-order valence-electron chi connectivity index (χ0n) is 18.2. The average Bonchev–Trinajstić information content (AvgIpc) is 3.18. The van der Waals surface area contributed by atoms with E-state index >= 15 is 0 Å². The molecule has 0 aromatic heterocycles. The molecule has 2 aliphatic heterocycles. The van der Waals surface area contributed by atoms with Crippen molar-refractivity contribution in [3.8, 4) is 0 Å². The van der Waals surface area contributed by atoms with E-state index in [9.17, 15) is 14.4 Å². The Hall–Kier alpha value is -3.26. The van der Waals surface area contributed by atoms with Gasteiger partial charge in [0.15, 0.2) is 0 Å². The van der Waals surface area contributed by atoms with Gasteiger partial charge in [-0.2, -0.15) is 0 Å². The van der Waals surface area contributed by atoms with Crippen molar-refractivity contribution in [1.82, 2.24) is 10.2 Å². The Morgan fingerprint density at radius 3 is 2.66 bits per heavy atom. The monoisotopic (exact) mass is 451 g/mol. The molecule has 1 atom stereocenters. The van der Waals surface area contributed by atoms with Crippen LogP contribution < -0.4 is 10.6 Å². The lowest BCUT2D eigenvalue weighted by atomic mass is 9.96. The van der Waals surface area contributed by atoms with E-state index < -0.39 is 18.0 Å². The number of para-hydroxylation sites is 1. The summed E-state index contributed by atoms with van der Waals surface area (Å²) in [6, 6.07) is 12.5. The highest BCUT2D eigenvalue weighted by atomic mass is 32.2. The van der Waals surface area contributed by atoms with Crippen LogP contribution in [0.1, 0.15) is 29.7 Å². The van der Waals surface area contributed by atoms with E-state index in [1.165, 1.54) is 4.90 Å². The van der Waals surface area contributed by atoms with Gasteiger partial charge in [0.05, 0.1) is 17.3 Å². The molecule has 0 saturated heterocycles. The van der Waals surface area contributed by atoms with Gasteiger partial charge in [-0.25, -0.2) is 9.59 Å². The average molecular weight is 452 g/mol. The number of carbonyl (C=O) groups is 3. The minimum absolute atomic E-state index is 0.0289. The Morgan fingerprint density at radius 2 is 1.97 bits per heavy atom. The highest BCUT2D eigenvalue weighted by molar-refractivity contribution is 7.98. The fraction of sp³-hybridized carbons (Fsp3) is 0.292. The molecule has 32 heavy (non-hydrogen) atoms. The molecule has 2 aromatic rings. The van der Waals surface area contributed by atoms with Gasteiger partial charge in [-0.15, -0.1) is 11.8 Å². The fourth-order valence-corrected chi connectivity index (χ4v) is 4.46. The molecule has 3 amide bonds. The second-order valence-electron chi connectivity index (χ2n) is 7.69. The largest absolute Gasteiger partial charge is 0.456 e. The number of esters is 1. The number of anilines is 1. The highest BCUT2D eigenvalue weighted by Gasteiger charge is 2.42. The second kappa shape index (κ2) is 9.08. The maximum absolute atomic E-state index is 13.0. The van der Waals surface area contributed by atoms with Crippen LogP contribution in [0.15, 0.2) is 58.6 Å². The van der Waals surface area contributed by atoms with Crippen molar-refractivity contribution in [2.24, 2.45) is 0 Å². The quantitative estimate of drug-likeness (QED) is 0.515. The zero-order chi connectivity index (χ0) is 22.8. The number of hydrogen-bond acceptors (Lipinski definition) is 5. The fourth-order valence-electron chi connectivity index (χ4n) is 4.05. The number of thioether (sulfide) groups is 1. The molecule has 0 spiro atoms. The SMILES string of the molecule is CCc1cccc(C)c1NC(=O)CN1C(=O)NC(c2ccc(SC)cc2)C2=C1COC2=O. The number of benzene rings is 2. The summed E-state index contributed by atoms with van der Waals surface area (Å²) >= 11 is 1.61. The number of ether oxygens (including phenoxy) is 1. The van der Waals surface area contributed by atoms with E-state index in [1.54, 1.807) is 11.8 Å². The van der Waals surface area contributed by atoms with Crippen LogP contribution in [0.3, 0.4) is 0 Å². The third-order valence-corrected chi connectivity index (χ3v) is 6.50. The first-order valence-electron chi connectivity index (χ1n) is 10.4. The van der Waals surface area contributed by atoms with Crippen LogP contribution in [0.4, 0.5) is 10.5 Å². The summed E-state index contributed by atoms with van der Waals surface area (Å²) < 4.78 is 5.25. The smallest absolute Gasteiger partial charge is 0.338 e. The summed E-state index contributed by atoms with van der Waals surface area (Å²) in [5.41, 5.74) is 4.34. The molecule has 1 unspecified atom stereocenters. The molecule has 0 radical (unpaired) electrons. The summed E-state index contributed by atoms with van der Waals surface area (Å²) in [6.45, 7) is 3.71. The normalized spacial score (nSPS) is 17.7. The molecule has 166 valence electrons. The van der Waals surface area contributed by atoms with Crippen molar-refractivity contribution in [2.45, 2.75) is 31.2 Å². The van der Waals surface area contributed by atoms with Crippen LogP contribution >= 0.6 is 11.8 Å². The number of rotatable bonds is 6. The van der Waals surface area contributed by atoms with Crippen molar-refractivity contribution >= 4 is 35.4 Å². The number of nitrogens with zero attached hydrogens (tertiary/aromatic N) is 1. The molecule has 2 heterocycles. The Balaban J connectivity index is 1.59. The molecule has 2 aliphatic rings. The molecule has 0 aliphatic carbocycles. The first-order chi connectivity index (χ1) is 15.4. The zero-order valence-corrected chi connectivity index (χ0v) is 19.0. The number of amides is 3. The first kappa shape index (κ1) is 22.0. The van der Waals surface area contributed by atoms with Crippen molar-refractivity contribution in [1.29, 1.82) is 0 Å². The van der Waals surface area contributed by atoms with Gasteiger partial charge < -0.3 is 15.4 Å². The number of carbonyl (C=O) groups excluding carboxylic acids is 3. The van der Waals surface area contributed by atoms with E-state index in [0.29, 0.717) is 11.3 Å². The van der Waals surface area contributed by atoms with E-state index in [4.69, 9.17) is 4.74 Å². The van der Waals surface area contributed by atoms with E-state index in [1.807, 2.05) is 62.6 Å². The molecule has 2 aromatic carbocycles. The molecule has 0 saturated carbocycles. The van der Waals surface area contributed by atoms with Gasteiger partial charge in [-0.05, 0) is 48.4 Å². The molecular formula is C24H25N3O4S. The van der Waals surface area contributed by atoms with Gasteiger partial charge in [0.25, 0.3) is 0 Å². The minimum Gasteiger partial charge on any atom is -0.456 e. The van der Waals surface area contributed by atoms with E-state index in [0.717, 1.165) is 33.7 Å². The van der Waals surface area contributed by atoms with Gasteiger partial charge in [-0.1, -0.05) is 37.3 Å². The van der Waals surface area contributed by atoms with E-state index in [-0.39, 0.29) is 19.1 Å². The number of nitrogens with one attached hydrogen (secondary N) is 2. The Morgan fingerprint density at radius 1 is 1.22 bits per heavy atom. The lowest BCUT2D eigenvalue weighted by molar-refractivity contribution is -0.136. The van der Waals surface area contributed by atoms with Crippen molar-refractivity contribution in [3.05, 3.63) is 70.4 Å². The molecular weight excluding hydrogens is 426 g/mol. The molecule has 4 rings (SSSR count). The Labute approximate surface area is 191 Å². The van der Waals surface area contributed by atoms with E-state index in [2.05, 4.69) is 10.6 Å². The Bertz CT molecular complexity index is 1110. The summed E-state index contributed by atoms with van der Waals surface area (Å²) in [6.07, 6.45) is 2.76. The second-order valence-corrected chi connectivity index (χ2v) is 8.57. The van der Waals surface area contributed by atoms with Gasteiger partial charge >= 0.3 is 12.0 Å². The third kappa shape index (κ3) is 4.10. The lowest BCUT2D eigenvalue weighted by Crippen LogP contribution is -2.49. The minimum atomic E-state index is -0.606. The van der Waals surface area contributed by atoms with Crippen molar-refractivity contribution < 1.29 is 19.1 Å². The standard InChI is InChI=1S/C24H25N3O4S/c1-4-15-7-5-6-14(2)21(15)25-19(28)12-27-18-13-31-23(29)20(18)22(26-24(27)30)16-8-10-17(32-3)11-9-16/h5-11,22H,4,12-13H2,1-3H3,(H,25,28)(H,26,30). The molecule has 0 fully saturated rings. The van der Waals surface area contributed by atoms with Gasteiger partial charge in [0.2, 0.25) is 5.91 Å². The number of hydrogen-bond donors (Lipinski definition) is 2. The first-order valence-corrected chi connectivity index (χ1v) is 11.7. The summed E-state index contributed by atoms with van der Waals surface area (Å²) in [5, 5.41) is 5.80. The summed E-state index contributed by atoms with van der Waals surface area (Å²) in [7, 11) is 0. The number of urea groups is 1. The molecule has 2 N–H and O–H groups in total. The summed E-state index contributed by atoms with van der Waals surface area (Å²) in [4.78, 5) is 40.7. The highest BCUT2D eigenvalue weighted by Crippen LogP contribution is 2.35. The maximum atomic E-state index is 13.0. The number of aryl methyl sites for hydroxylation is 2. The van der Waals surface area contributed by atoms with Crippen molar-refractivity contribution in [2.75, 3.05) is 24.7 Å². The Kier molecular flexibility index (Phi) is 6.23. The van der Waals surface area contributed by atoms with Gasteiger partial charge in [-0.3, -0.25) is 9.69 Å². The topological polar surface area (TPSA) is 87.7 Å². The predicted molar refractivity (Wildman–Crippen MR) is 123 cm³/mol. The summed E-state index contributed by atoms with van der Waals surface area (Å²) in [5.74, 6) is -0.811. The number of cyclic esters (lactones) is 1. The van der Waals surface area contributed by atoms with Crippen LogP contribution in [0.5, 0.6) is 0 Å². The van der Waals surface area contributed by atoms with Gasteiger partial charge in [0.1, 0.15) is 13.2 Å². The van der Waals surface area contributed by atoms with Crippen molar-refractivity contribution in [3.63, 3.8) is 0 Å². The lowest BCUT2D eigenvalue weighted by Gasteiger charge is -2.32. The molecule has 0 bridgehead atoms. The third-order valence-electron chi connectivity index (χ3n) is 5.75. The van der Waals surface area contributed by atoms with Gasteiger partial charge in [0, 0.05) is 10.6 Å². The van der Waals surface area contributed by atoms with Crippen LogP contribution in [0.25, 0.3) is 0 Å². The molecule has 7 nitrogen and oxygen atoms in total. The maximum Gasteiger partial charge on any atom is 0.338 e. The predicted octanol–water partition coefficient (Wildman–Crippen LogP) is 3.80. The van der Waals surface area contributed by atoms with Crippen LogP contribution in [0, 0.1) is 6.92 Å². The molecule has 8 heteroatoms. The van der Waals surface area contributed by atoms with Crippen LogP contribution in [0.2, 0.25) is 0 Å². The van der Waals surface area contributed by atoms with Crippen LogP contribution in [-0.2, 0) is 20.7 Å².